The van der Waals surface area contributed by atoms with Crippen LogP contribution >= 0.6 is 0 Å². The third kappa shape index (κ3) is 2.73. The van der Waals surface area contributed by atoms with Crippen LogP contribution in [0.2, 0.25) is 0 Å². The molecule has 2 heterocycles. The summed E-state index contributed by atoms with van der Waals surface area (Å²) in [6.45, 7) is 3.76. The lowest BCUT2D eigenvalue weighted by Gasteiger charge is -2.39. The number of nitro groups is 1. The molecule has 8 nitrogen and oxygen atoms in total. The van der Waals surface area contributed by atoms with Gasteiger partial charge in [-0.25, -0.2) is 0 Å². The van der Waals surface area contributed by atoms with Crippen LogP contribution in [-0.2, 0) is 0 Å². The number of carbonyl (C=O) groups excluding carboxylic acids is 1. The highest BCUT2D eigenvalue weighted by Gasteiger charge is 2.36. The number of hydrogen-bond acceptors (Lipinski definition) is 5. The number of carbonyl (C=O) groups is 1. The number of nitrogens with one attached hydrogen (secondary N) is 1. The van der Waals surface area contributed by atoms with Crippen molar-refractivity contribution in [2.24, 2.45) is 0 Å². The lowest BCUT2D eigenvalue weighted by molar-refractivity contribution is -0.384. The summed E-state index contributed by atoms with van der Waals surface area (Å²) in [4.78, 5) is 39.0. The van der Waals surface area contributed by atoms with Crippen molar-refractivity contribution in [3.05, 3.63) is 62.6 Å². The number of rotatable bonds is 2. The number of aromatic nitrogens is 1. The predicted octanol–water partition coefficient (Wildman–Crippen LogP) is 2.10. The minimum Gasteiger partial charge on any atom is -0.484 e. The van der Waals surface area contributed by atoms with Crippen molar-refractivity contribution >= 4 is 17.3 Å². The van der Waals surface area contributed by atoms with Crippen molar-refractivity contribution in [1.29, 1.82) is 0 Å². The van der Waals surface area contributed by atoms with Crippen molar-refractivity contribution < 1.29 is 14.5 Å². The molecule has 0 bridgehead atoms. The molecule has 2 aromatic rings. The molecular formula is C16H15N3O5. The third-order valence-electron chi connectivity index (χ3n) is 3.66. The lowest BCUT2D eigenvalue weighted by Crippen LogP contribution is -2.50. The Hall–Kier alpha value is -3.16. The first-order valence-corrected chi connectivity index (χ1v) is 7.25. The maximum absolute atomic E-state index is 12.8. The van der Waals surface area contributed by atoms with Crippen molar-refractivity contribution in [1.82, 2.24) is 4.98 Å². The molecule has 0 saturated carbocycles. The average molecular weight is 329 g/mol. The van der Waals surface area contributed by atoms with Gasteiger partial charge in [-0.05, 0) is 32.0 Å². The molecule has 1 N–H and O–H groups in total. The zero-order chi connectivity index (χ0) is 17.5. The Morgan fingerprint density at radius 1 is 1.38 bits per heavy atom. The summed E-state index contributed by atoms with van der Waals surface area (Å²) in [5.41, 5.74) is -1.12. The van der Waals surface area contributed by atoms with Crippen LogP contribution in [0.1, 0.15) is 24.2 Å². The fraction of sp³-hybridized carbons (Fsp3) is 0.250. The second-order valence-corrected chi connectivity index (χ2v) is 6.08. The monoisotopic (exact) mass is 329 g/mol. The molecule has 0 radical (unpaired) electrons. The summed E-state index contributed by atoms with van der Waals surface area (Å²) < 4.78 is 5.80. The average Bonchev–Trinajstić information content (AvgIpc) is 2.52. The Kier molecular flexibility index (Phi) is 3.59. The number of fused-ring (bicyclic) bond motifs is 1. The molecule has 1 aromatic carbocycles. The van der Waals surface area contributed by atoms with E-state index in [0.29, 0.717) is 5.75 Å². The van der Waals surface area contributed by atoms with Crippen molar-refractivity contribution in [3.8, 4) is 5.75 Å². The van der Waals surface area contributed by atoms with Crippen LogP contribution in [0.3, 0.4) is 0 Å². The highest BCUT2D eigenvalue weighted by atomic mass is 16.6. The smallest absolute Gasteiger partial charge is 0.271 e. The van der Waals surface area contributed by atoms with Gasteiger partial charge >= 0.3 is 0 Å². The van der Waals surface area contributed by atoms with E-state index in [1.54, 1.807) is 19.9 Å². The number of ether oxygens (including phenoxy) is 1. The van der Waals surface area contributed by atoms with E-state index >= 15 is 0 Å². The van der Waals surface area contributed by atoms with E-state index in [9.17, 15) is 19.7 Å². The predicted molar refractivity (Wildman–Crippen MR) is 86.5 cm³/mol. The molecule has 0 unspecified atom stereocenters. The van der Waals surface area contributed by atoms with Crippen LogP contribution in [0.25, 0.3) is 0 Å². The number of benzene rings is 1. The molecule has 24 heavy (non-hydrogen) atoms. The molecule has 124 valence electrons. The van der Waals surface area contributed by atoms with E-state index < -0.39 is 22.0 Å². The standard InChI is InChI=1S/C16H15N3O5/c1-16(2)9-18(15(21)11-4-3-7-17-14(11)20)12-8-10(19(22)23)5-6-13(12)24-16/h3-8H,9H2,1-2H3,(H,17,20). The first-order valence-electron chi connectivity index (χ1n) is 7.25. The van der Waals surface area contributed by atoms with E-state index in [4.69, 9.17) is 4.74 Å². The maximum Gasteiger partial charge on any atom is 0.271 e. The van der Waals surface area contributed by atoms with E-state index in [2.05, 4.69) is 4.98 Å². The number of aromatic amines is 1. The van der Waals surface area contributed by atoms with Crippen molar-refractivity contribution in [2.75, 3.05) is 11.4 Å². The van der Waals surface area contributed by atoms with Crippen LogP contribution in [0.4, 0.5) is 11.4 Å². The first kappa shape index (κ1) is 15.7. The molecule has 3 rings (SSSR count). The van der Waals surface area contributed by atoms with Gasteiger partial charge in [0.25, 0.3) is 17.2 Å². The number of anilines is 1. The van der Waals surface area contributed by atoms with E-state index in [0.717, 1.165) is 0 Å². The first-order chi connectivity index (χ1) is 11.3. The van der Waals surface area contributed by atoms with E-state index in [-0.39, 0.29) is 23.5 Å². The zero-order valence-electron chi connectivity index (χ0n) is 13.1. The summed E-state index contributed by atoms with van der Waals surface area (Å²) >= 11 is 0. The summed E-state index contributed by atoms with van der Waals surface area (Å²) in [6.07, 6.45) is 1.43. The van der Waals surface area contributed by atoms with Gasteiger partial charge in [0.15, 0.2) is 0 Å². The molecule has 1 amide bonds. The van der Waals surface area contributed by atoms with Gasteiger partial charge in [-0.2, -0.15) is 0 Å². The highest BCUT2D eigenvalue weighted by molar-refractivity contribution is 6.07. The molecule has 0 aliphatic carbocycles. The highest BCUT2D eigenvalue weighted by Crippen LogP contribution is 2.39. The number of nitro benzene ring substituents is 1. The van der Waals surface area contributed by atoms with Crippen LogP contribution in [0.5, 0.6) is 5.75 Å². The second kappa shape index (κ2) is 5.48. The third-order valence-corrected chi connectivity index (χ3v) is 3.66. The Morgan fingerprint density at radius 3 is 2.79 bits per heavy atom. The Bertz CT molecular complexity index is 887. The van der Waals surface area contributed by atoms with Crippen LogP contribution in [0, 0.1) is 10.1 Å². The van der Waals surface area contributed by atoms with Gasteiger partial charge in [0, 0.05) is 18.3 Å². The summed E-state index contributed by atoms with van der Waals surface area (Å²) in [5, 5.41) is 11.0. The van der Waals surface area contributed by atoms with Gasteiger partial charge in [-0.15, -0.1) is 0 Å². The zero-order valence-corrected chi connectivity index (χ0v) is 13.1. The molecule has 0 fully saturated rings. The summed E-state index contributed by atoms with van der Waals surface area (Å²) in [6, 6.07) is 7.02. The molecule has 8 heteroatoms. The van der Waals surface area contributed by atoms with Gasteiger partial charge in [-0.3, -0.25) is 19.7 Å². The van der Waals surface area contributed by atoms with Gasteiger partial charge in [0.2, 0.25) is 0 Å². The van der Waals surface area contributed by atoms with E-state index in [1.807, 2.05) is 0 Å². The fourth-order valence-corrected chi connectivity index (χ4v) is 2.63. The summed E-state index contributed by atoms with van der Waals surface area (Å²) in [7, 11) is 0. The van der Waals surface area contributed by atoms with Crippen molar-refractivity contribution in [3.63, 3.8) is 0 Å². The maximum atomic E-state index is 12.8. The van der Waals surface area contributed by atoms with Crippen LogP contribution in [-0.4, -0.2) is 28.0 Å². The lowest BCUT2D eigenvalue weighted by atomic mass is 10.0. The van der Waals surface area contributed by atoms with Crippen LogP contribution in [0.15, 0.2) is 41.3 Å². The number of pyridine rings is 1. The molecule has 1 aliphatic heterocycles. The Balaban J connectivity index is 2.13. The number of hydrogen-bond donors (Lipinski definition) is 1. The molecule has 1 aliphatic rings. The minimum atomic E-state index is -0.694. The fourth-order valence-electron chi connectivity index (χ4n) is 2.63. The number of non-ortho nitro benzene ring substituents is 1. The van der Waals surface area contributed by atoms with Gasteiger partial charge < -0.3 is 14.6 Å². The molecule has 1 aromatic heterocycles. The molecule has 0 saturated heterocycles. The van der Waals surface area contributed by atoms with E-state index in [1.165, 1.54) is 35.4 Å². The summed E-state index contributed by atoms with van der Waals surface area (Å²) in [5.74, 6) is -0.174. The quantitative estimate of drug-likeness (QED) is 0.671. The van der Waals surface area contributed by atoms with Gasteiger partial charge in [0.1, 0.15) is 16.9 Å². The van der Waals surface area contributed by atoms with Gasteiger partial charge in [0.05, 0.1) is 17.2 Å². The number of H-pyrrole nitrogens is 1. The van der Waals surface area contributed by atoms with Crippen molar-refractivity contribution in [2.45, 2.75) is 19.4 Å². The molecule has 0 spiro atoms. The minimum absolute atomic E-state index is 0.0346. The molecular weight excluding hydrogens is 314 g/mol. The molecule has 0 atom stereocenters. The van der Waals surface area contributed by atoms with Gasteiger partial charge in [-0.1, -0.05) is 0 Å². The largest absolute Gasteiger partial charge is 0.484 e. The van der Waals surface area contributed by atoms with Crippen LogP contribution < -0.4 is 15.2 Å². The Morgan fingerprint density at radius 2 is 2.12 bits per heavy atom. The Labute approximate surface area is 136 Å². The normalized spacial score (nSPS) is 15.3. The number of nitrogens with zero attached hydrogens (tertiary/aromatic N) is 2. The SMILES string of the molecule is CC1(C)CN(C(=O)c2ccc[nH]c2=O)c2cc([N+](=O)[O-])ccc2O1. The number of amides is 1. The topological polar surface area (TPSA) is 106 Å². The second-order valence-electron chi connectivity index (χ2n) is 6.08.